The minimum absolute atomic E-state index is 0. The number of carbonyl (C=O) groups excluding carboxylic acids is 1. The van der Waals surface area contributed by atoms with Crippen LogP contribution in [0.5, 0.6) is 0 Å². The first-order valence-corrected chi connectivity index (χ1v) is 4.53. The van der Waals surface area contributed by atoms with Crippen LogP contribution in [0.2, 0.25) is 0 Å². The average molecular weight is 306 g/mol. The van der Waals surface area contributed by atoms with Crippen molar-refractivity contribution >= 4 is 45.8 Å². The SMILES string of the molecule is Br.N.O=C(c1ccccc1)c1ccccc1.[MgH2]. The van der Waals surface area contributed by atoms with E-state index in [9.17, 15) is 4.79 Å². The molecule has 0 saturated carbocycles. The molecule has 0 aliphatic rings. The van der Waals surface area contributed by atoms with Gasteiger partial charge in [0.15, 0.2) is 5.78 Å². The predicted octanol–water partition coefficient (Wildman–Crippen LogP) is 2.74. The largest absolute Gasteiger partial charge is 0.344 e. The molecular formula is C13H16BrMgNO. The molecule has 0 fully saturated rings. The van der Waals surface area contributed by atoms with Crippen molar-refractivity contribution < 1.29 is 4.79 Å². The first-order valence-electron chi connectivity index (χ1n) is 4.53. The van der Waals surface area contributed by atoms with Gasteiger partial charge in [0.25, 0.3) is 0 Å². The maximum Gasteiger partial charge on any atom is 0.316 e. The smallest absolute Gasteiger partial charge is 0.316 e. The monoisotopic (exact) mass is 305 g/mol. The van der Waals surface area contributed by atoms with Crippen LogP contribution >= 0.6 is 17.0 Å². The molecule has 4 heteroatoms. The van der Waals surface area contributed by atoms with Crippen molar-refractivity contribution in [3.63, 3.8) is 0 Å². The molecule has 0 atom stereocenters. The zero-order valence-electron chi connectivity index (χ0n) is 8.80. The van der Waals surface area contributed by atoms with Crippen LogP contribution in [0.15, 0.2) is 60.7 Å². The molecule has 2 aromatic rings. The van der Waals surface area contributed by atoms with Crippen molar-refractivity contribution in [1.29, 1.82) is 0 Å². The Morgan fingerprint density at radius 1 is 0.706 bits per heavy atom. The summed E-state index contributed by atoms with van der Waals surface area (Å²) < 4.78 is 0. The second kappa shape index (κ2) is 9.36. The predicted molar refractivity (Wildman–Crippen MR) is 80.2 cm³/mol. The van der Waals surface area contributed by atoms with Gasteiger partial charge in [0.2, 0.25) is 0 Å². The van der Waals surface area contributed by atoms with Gasteiger partial charge in [0.1, 0.15) is 0 Å². The summed E-state index contributed by atoms with van der Waals surface area (Å²) in [5.74, 6) is 0.0752. The average Bonchev–Trinajstić information content (AvgIpc) is 2.30. The van der Waals surface area contributed by atoms with Crippen molar-refractivity contribution in [1.82, 2.24) is 6.15 Å². The number of carbonyl (C=O) groups is 1. The van der Waals surface area contributed by atoms with Crippen molar-refractivity contribution in [3.05, 3.63) is 71.8 Å². The molecule has 3 N–H and O–H groups in total. The molecular weight excluding hydrogens is 290 g/mol. The fraction of sp³-hybridized carbons (Fsp3) is 0. The first kappa shape index (κ1) is 18.7. The van der Waals surface area contributed by atoms with Gasteiger partial charge in [0, 0.05) is 11.1 Å². The number of hydrogen-bond acceptors (Lipinski definition) is 2. The van der Waals surface area contributed by atoms with Crippen LogP contribution in [0.4, 0.5) is 0 Å². The third-order valence-corrected chi connectivity index (χ3v) is 2.07. The highest BCUT2D eigenvalue weighted by molar-refractivity contribution is 8.93. The molecule has 0 radical (unpaired) electrons. The lowest BCUT2D eigenvalue weighted by molar-refractivity contribution is 0.103. The van der Waals surface area contributed by atoms with Crippen molar-refractivity contribution in [2.24, 2.45) is 0 Å². The highest BCUT2D eigenvalue weighted by atomic mass is 79.9. The van der Waals surface area contributed by atoms with E-state index in [1.807, 2.05) is 60.7 Å². The van der Waals surface area contributed by atoms with E-state index in [1.165, 1.54) is 0 Å². The number of ketones is 1. The van der Waals surface area contributed by atoms with E-state index in [2.05, 4.69) is 0 Å². The minimum Gasteiger partial charge on any atom is -0.344 e. The van der Waals surface area contributed by atoms with E-state index in [4.69, 9.17) is 0 Å². The maximum atomic E-state index is 11.8. The van der Waals surface area contributed by atoms with Gasteiger partial charge < -0.3 is 6.15 Å². The summed E-state index contributed by atoms with van der Waals surface area (Å²) in [6.07, 6.45) is 0. The Bertz CT molecular complexity index is 392. The van der Waals surface area contributed by atoms with E-state index >= 15 is 0 Å². The third kappa shape index (κ3) is 5.00. The van der Waals surface area contributed by atoms with Gasteiger partial charge in [-0.05, 0) is 0 Å². The lowest BCUT2D eigenvalue weighted by atomic mass is 10.0. The van der Waals surface area contributed by atoms with Crippen LogP contribution in [-0.4, -0.2) is 28.8 Å². The summed E-state index contributed by atoms with van der Waals surface area (Å²) in [6, 6.07) is 18.6. The summed E-state index contributed by atoms with van der Waals surface area (Å²) >= 11 is 0. The second-order valence-corrected chi connectivity index (χ2v) is 3.06. The van der Waals surface area contributed by atoms with E-state index in [-0.39, 0.29) is 52.0 Å². The van der Waals surface area contributed by atoms with Crippen LogP contribution in [-0.2, 0) is 0 Å². The second-order valence-electron chi connectivity index (χ2n) is 3.06. The van der Waals surface area contributed by atoms with E-state index < -0.39 is 0 Å². The Labute approximate surface area is 128 Å². The number of benzene rings is 2. The molecule has 0 aliphatic carbocycles. The zero-order chi connectivity index (χ0) is 9.80. The summed E-state index contributed by atoms with van der Waals surface area (Å²) in [5, 5.41) is 0. The van der Waals surface area contributed by atoms with Crippen molar-refractivity contribution in [3.8, 4) is 0 Å². The number of rotatable bonds is 2. The van der Waals surface area contributed by atoms with Gasteiger partial charge >= 0.3 is 23.1 Å². The molecule has 0 amide bonds. The molecule has 0 aromatic heterocycles. The minimum atomic E-state index is 0. The quantitative estimate of drug-likeness (QED) is 0.685. The zero-order valence-corrected chi connectivity index (χ0v) is 10.5. The van der Waals surface area contributed by atoms with E-state index in [1.54, 1.807) is 0 Å². The molecule has 2 nitrogen and oxygen atoms in total. The molecule has 17 heavy (non-hydrogen) atoms. The Kier molecular flexibility index (Phi) is 10.3. The Morgan fingerprint density at radius 2 is 1.00 bits per heavy atom. The molecule has 0 heterocycles. The maximum absolute atomic E-state index is 11.8. The Morgan fingerprint density at radius 3 is 1.29 bits per heavy atom. The van der Waals surface area contributed by atoms with Gasteiger partial charge in [-0.2, -0.15) is 0 Å². The van der Waals surface area contributed by atoms with Crippen LogP contribution in [0.3, 0.4) is 0 Å². The van der Waals surface area contributed by atoms with Gasteiger partial charge in [0.05, 0.1) is 0 Å². The summed E-state index contributed by atoms with van der Waals surface area (Å²) in [7, 11) is 0. The third-order valence-electron chi connectivity index (χ3n) is 2.07. The molecule has 0 saturated heterocycles. The van der Waals surface area contributed by atoms with Crippen LogP contribution in [0.25, 0.3) is 0 Å². The molecule has 0 bridgehead atoms. The first-order chi connectivity index (χ1) is 6.88. The van der Waals surface area contributed by atoms with Crippen LogP contribution < -0.4 is 6.15 Å². The number of halogens is 1. The fourth-order valence-electron chi connectivity index (χ4n) is 1.35. The Balaban J connectivity index is 0. The summed E-state index contributed by atoms with van der Waals surface area (Å²) in [5.41, 5.74) is 1.47. The molecule has 0 aliphatic heterocycles. The lowest BCUT2D eigenvalue weighted by Gasteiger charge is -1.99. The van der Waals surface area contributed by atoms with Crippen molar-refractivity contribution in [2.45, 2.75) is 0 Å². The molecule has 0 unspecified atom stereocenters. The lowest BCUT2D eigenvalue weighted by Crippen LogP contribution is -1.99. The van der Waals surface area contributed by atoms with Gasteiger partial charge in [-0.1, -0.05) is 60.7 Å². The standard InChI is InChI=1S/C13H10O.BrH.Mg.H3N.2H/c14-13(11-7-3-1-4-8-11)12-9-5-2-6-10-12;;;;;/h1-10H;1H;;1H3;;. The van der Waals surface area contributed by atoms with E-state index in [0.29, 0.717) is 0 Å². The molecule has 2 aromatic carbocycles. The van der Waals surface area contributed by atoms with Crippen molar-refractivity contribution in [2.75, 3.05) is 0 Å². The van der Waals surface area contributed by atoms with Gasteiger partial charge in [-0.25, -0.2) is 0 Å². The fourth-order valence-corrected chi connectivity index (χ4v) is 1.35. The number of hydrogen-bond donors (Lipinski definition) is 1. The molecule has 2 rings (SSSR count). The topological polar surface area (TPSA) is 52.1 Å². The van der Waals surface area contributed by atoms with Crippen LogP contribution in [0.1, 0.15) is 15.9 Å². The van der Waals surface area contributed by atoms with Gasteiger partial charge in [-0.15, -0.1) is 17.0 Å². The summed E-state index contributed by atoms with van der Waals surface area (Å²) in [6.45, 7) is 0. The normalized spacial score (nSPS) is 8.00. The molecule has 88 valence electrons. The van der Waals surface area contributed by atoms with Gasteiger partial charge in [-0.3, -0.25) is 4.79 Å². The summed E-state index contributed by atoms with van der Waals surface area (Å²) in [4.78, 5) is 11.8. The Hall–Kier alpha value is -0.684. The highest BCUT2D eigenvalue weighted by Gasteiger charge is 2.06. The highest BCUT2D eigenvalue weighted by Crippen LogP contribution is 2.08. The molecule has 0 spiro atoms. The van der Waals surface area contributed by atoms with Crippen LogP contribution in [0, 0.1) is 0 Å². The van der Waals surface area contributed by atoms with E-state index in [0.717, 1.165) is 11.1 Å².